The molecule has 1 nitrogen and oxygen atoms in total. The smallest absolute Gasteiger partial charge is 0.0722 e. The van der Waals surface area contributed by atoms with Crippen LogP contribution in [0, 0.1) is 0 Å². The highest BCUT2D eigenvalue weighted by Crippen LogP contribution is 2.34. The molecule has 106 valence electrons. The first-order chi connectivity index (χ1) is 9.56. The van der Waals surface area contributed by atoms with E-state index < -0.39 is 0 Å². The molecule has 0 aromatic heterocycles. The highest BCUT2D eigenvalue weighted by Gasteiger charge is 2.10. The molecule has 2 aromatic carbocycles. The van der Waals surface area contributed by atoms with Crippen molar-refractivity contribution >= 4 is 40.5 Å². The van der Waals surface area contributed by atoms with Gasteiger partial charge in [0.25, 0.3) is 0 Å². The zero-order chi connectivity index (χ0) is 14.5. The number of rotatable bonds is 5. The molecule has 0 aliphatic carbocycles. The Labute approximate surface area is 134 Å². The Morgan fingerprint density at radius 1 is 1.00 bits per heavy atom. The van der Waals surface area contributed by atoms with Crippen molar-refractivity contribution in [1.82, 2.24) is 0 Å². The van der Waals surface area contributed by atoms with Crippen LogP contribution >= 0.6 is 34.8 Å². The first kappa shape index (κ1) is 15.5. The van der Waals surface area contributed by atoms with Crippen LogP contribution in [0.3, 0.4) is 0 Å². The van der Waals surface area contributed by atoms with E-state index in [0.717, 1.165) is 18.5 Å². The molecule has 0 aliphatic heterocycles. The summed E-state index contributed by atoms with van der Waals surface area (Å²) in [6.07, 6.45) is 2.01. The molecule has 0 bridgehead atoms. The van der Waals surface area contributed by atoms with Crippen molar-refractivity contribution in [2.75, 3.05) is 5.32 Å². The zero-order valence-electron chi connectivity index (χ0n) is 11.2. The lowest BCUT2D eigenvalue weighted by molar-refractivity contribution is 0.706. The second-order valence-corrected chi connectivity index (χ2v) is 6.06. The van der Waals surface area contributed by atoms with E-state index in [0.29, 0.717) is 15.1 Å². The molecule has 1 N–H and O–H groups in total. The van der Waals surface area contributed by atoms with E-state index in [-0.39, 0.29) is 6.04 Å². The highest BCUT2D eigenvalue weighted by atomic mass is 35.5. The summed E-state index contributed by atoms with van der Waals surface area (Å²) < 4.78 is 0. The minimum atomic E-state index is 0.270. The van der Waals surface area contributed by atoms with Gasteiger partial charge >= 0.3 is 0 Å². The summed E-state index contributed by atoms with van der Waals surface area (Å²) in [6, 6.07) is 14.1. The molecule has 0 aliphatic rings. The molecule has 0 fully saturated rings. The molecular weight excluding hydrogens is 313 g/mol. The van der Waals surface area contributed by atoms with Crippen molar-refractivity contribution in [1.29, 1.82) is 0 Å². The molecule has 0 radical (unpaired) electrons. The molecule has 2 aromatic rings. The predicted octanol–water partition coefficient (Wildman–Crippen LogP) is 6.08. The van der Waals surface area contributed by atoms with Crippen molar-refractivity contribution in [3.63, 3.8) is 0 Å². The van der Waals surface area contributed by atoms with E-state index >= 15 is 0 Å². The molecule has 20 heavy (non-hydrogen) atoms. The summed E-state index contributed by atoms with van der Waals surface area (Å²) >= 11 is 18.2. The lowest BCUT2D eigenvalue weighted by atomic mass is 10.1. The molecule has 2 rings (SSSR count). The Hall–Kier alpha value is -0.890. The summed E-state index contributed by atoms with van der Waals surface area (Å²) in [5.41, 5.74) is 2.08. The van der Waals surface area contributed by atoms with Crippen LogP contribution in [-0.4, -0.2) is 6.04 Å². The van der Waals surface area contributed by atoms with E-state index in [4.69, 9.17) is 34.8 Å². The summed E-state index contributed by atoms with van der Waals surface area (Å²) in [7, 11) is 0. The van der Waals surface area contributed by atoms with Crippen LogP contribution in [0.15, 0.2) is 42.5 Å². The zero-order valence-corrected chi connectivity index (χ0v) is 13.4. The number of aryl methyl sites for hydroxylation is 1. The average molecular weight is 329 g/mol. The SMILES string of the molecule is CC(CCc1ccccc1)Nc1c(Cl)cc(Cl)cc1Cl. The lowest BCUT2D eigenvalue weighted by Gasteiger charge is -2.17. The third-order valence-corrected chi connectivity index (χ3v) is 3.92. The molecule has 4 heteroatoms. The van der Waals surface area contributed by atoms with Crippen LogP contribution < -0.4 is 5.32 Å². The minimum absolute atomic E-state index is 0.270. The maximum Gasteiger partial charge on any atom is 0.0722 e. The number of hydrogen-bond donors (Lipinski definition) is 1. The van der Waals surface area contributed by atoms with E-state index in [2.05, 4.69) is 36.5 Å². The average Bonchev–Trinajstić information content (AvgIpc) is 2.42. The molecule has 0 spiro atoms. The van der Waals surface area contributed by atoms with Gasteiger partial charge in [0.05, 0.1) is 15.7 Å². The van der Waals surface area contributed by atoms with Crippen LogP contribution in [-0.2, 0) is 6.42 Å². The number of anilines is 1. The third kappa shape index (κ3) is 4.31. The van der Waals surface area contributed by atoms with Crippen molar-refractivity contribution < 1.29 is 0 Å². The molecule has 1 atom stereocenters. The van der Waals surface area contributed by atoms with Gasteiger partial charge in [0.1, 0.15) is 0 Å². The van der Waals surface area contributed by atoms with Crippen LogP contribution in [0.1, 0.15) is 18.9 Å². The van der Waals surface area contributed by atoms with E-state index in [1.165, 1.54) is 5.56 Å². The van der Waals surface area contributed by atoms with Crippen LogP contribution in [0.4, 0.5) is 5.69 Å². The predicted molar refractivity (Wildman–Crippen MR) is 89.3 cm³/mol. The van der Waals surface area contributed by atoms with Gasteiger partial charge in [0, 0.05) is 11.1 Å². The van der Waals surface area contributed by atoms with E-state index in [1.54, 1.807) is 12.1 Å². The minimum Gasteiger partial charge on any atom is -0.380 e. The summed E-state index contributed by atoms with van der Waals surface area (Å²) in [6.45, 7) is 2.12. The van der Waals surface area contributed by atoms with Crippen LogP contribution in [0.2, 0.25) is 15.1 Å². The molecular formula is C16H16Cl3N. The van der Waals surface area contributed by atoms with Gasteiger partial charge in [0.15, 0.2) is 0 Å². The molecule has 0 saturated heterocycles. The largest absolute Gasteiger partial charge is 0.380 e. The summed E-state index contributed by atoms with van der Waals surface area (Å²) in [5.74, 6) is 0. The monoisotopic (exact) mass is 327 g/mol. The third-order valence-electron chi connectivity index (χ3n) is 3.11. The fraction of sp³-hybridized carbons (Fsp3) is 0.250. The normalized spacial score (nSPS) is 12.2. The molecule has 0 heterocycles. The fourth-order valence-corrected chi connectivity index (χ4v) is 2.95. The van der Waals surface area contributed by atoms with Gasteiger partial charge in [0.2, 0.25) is 0 Å². The van der Waals surface area contributed by atoms with Gasteiger partial charge in [-0.2, -0.15) is 0 Å². The summed E-state index contributed by atoms with van der Waals surface area (Å²) in [5, 5.41) is 5.00. The van der Waals surface area contributed by atoms with Gasteiger partial charge in [-0.1, -0.05) is 65.1 Å². The lowest BCUT2D eigenvalue weighted by Crippen LogP contribution is -2.16. The Bertz CT molecular complexity index is 546. The molecule has 0 amide bonds. The molecule has 0 saturated carbocycles. The van der Waals surface area contributed by atoms with Crippen LogP contribution in [0.5, 0.6) is 0 Å². The van der Waals surface area contributed by atoms with Gasteiger partial charge in [-0.3, -0.25) is 0 Å². The van der Waals surface area contributed by atoms with E-state index in [9.17, 15) is 0 Å². The van der Waals surface area contributed by atoms with Crippen molar-refractivity contribution in [2.45, 2.75) is 25.8 Å². The Morgan fingerprint density at radius 3 is 2.20 bits per heavy atom. The quantitative estimate of drug-likeness (QED) is 0.701. The van der Waals surface area contributed by atoms with Crippen molar-refractivity contribution in [2.24, 2.45) is 0 Å². The Kier molecular flexibility index (Phi) is 5.59. The van der Waals surface area contributed by atoms with E-state index in [1.807, 2.05) is 6.07 Å². The topological polar surface area (TPSA) is 12.0 Å². The maximum absolute atomic E-state index is 6.16. The van der Waals surface area contributed by atoms with Crippen molar-refractivity contribution in [3.8, 4) is 0 Å². The molecule has 1 unspecified atom stereocenters. The van der Waals surface area contributed by atoms with Gasteiger partial charge < -0.3 is 5.32 Å². The Morgan fingerprint density at radius 2 is 1.60 bits per heavy atom. The number of hydrogen-bond acceptors (Lipinski definition) is 1. The Balaban J connectivity index is 1.96. The van der Waals surface area contributed by atoms with Crippen molar-refractivity contribution in [3.05, 3.63) is 63.1 Å². The van der Waals surface area contributed by atoms with Gasteiger partial charge in [-0.05, 0) is 37.5 Å². The second kappa shape index (κ2) is 7.21. The first-order valence-corrected chi connectivity index (χ1v) is 7.64. The number of benzene rings is 2. The maximum atomic E-state index is 6.16. The van der Waals surface area contributed by atoms with Gasteiger partial charge in [-0.15, -0.1) is 0 Å². The van der Waals surface area contributed by atoms with Crippen LogP contribution in [0.25, 0.3) is 0 Å². The first-order valence-electron chi connectivity index (χ1n) is 6.51. The number of halogens is 3. The highest BCUT2D eigenvalue weighted by molar-refractivity contribution is 6.41. The second-order valence-electron chi connectivity index (χ2n) is 4.81. The fourth-order valence-electron chi connectivity index (χ4n) is 2.03. The number of nitrogens with one attached hydrogen (secondary N) is 1. The van der Waals surface area contributed by atoms with Gasteiger partial charge in [-0.25, -0.2) is 0 Å². The standard InChI is InChI=1S/C16H16Cl3N/c1-11(7-8-12-5-3-2-4-6-12)20-16-14(18)9-13(17)10-15(16)19/h2-6,9-11,20H,7-8H2,1H3. The summed E-state index contributed by atoms with van der Waals surface area (Å²) in [4.78, 5) is 0.